The molecule has 1 aliphatic rings. The molecule has 1 aliphatic carbocycles. The summed E-state index contributed by atoms with van der Waals surface area (Å²) in [6.45, 7) is 2.48. The quantitative estimate of drug-likeness (QED) is 0.511. The van der Waals surface area contributed by atoms with Crippen LogP contribution in [0.1, 0.15) is 30.4 Å². The van der Waals surface area contributed by atoms with E-state index in [1.165, 1.54) is 0 Å². The molecule has 0 aliphatic heterocycles. The molecule has 0 aromatic heterocycles. The Morgan fingerprint density at radius 3 is 2.15 bits per heavy atom. The molecule has 2 unspecified atom stereocenters. The highest BCUT2D eigenvalue weighted by Gasteiger charge is 2.29. The van der Waals surface area contributed by atoms with E-state index in [4.69, 9.17) is 4.74 Å². The number of hydrogen-bond acceptors (Lipinski definition) is 5. The van der Waals surface area contributed by atoms with E-state index in [0.29, 0.717) is 0 Å². The fourth-order valence-electron chi connectivity index (χ4n) is 4.10. The average Bonchev–Trinajstić information content (AvgIpc) is 3.09. The van der Waals surface area contributed by atoms with Gasteiger partial charge < -0.3 is 25.4 Å². The summed E-state index contributed by atoms with van der Waals surface area (Å²) in [5.74, 6) is -1.65. The van der Waals surface area contributed by atoms with Crippen LogP contribution in [0.3, 0.4) is 0 Å². The third-order valence-corrected chi connectivity index (χ3v) is 5.65. The maximum absolute atomic E-state index is 12.3. The molecule has 0 spiro atoms. The Bertz CT molecular complexity index is 962. The van der Waals surface area contributed by atoms with Crippen LogP contribution >= 0.6 is 0 Å². The fraction of sp³-hybridized carbons (Fsp3) is 0.400. The molecule has 2 aromatic rings. The van der Waals surface area contributed by atoms with Gasteiger partial charge in [0.2, 0.25) is 5.91 Å². The van der Waals surface area contributed by atoms with Crippen LogP contribution in [-0.4, -0.2) is 67.8 Å². The van der Waals surface area contributed by atoms with E-state index in [-0.39, 0.29) is 43.9 Å². The number of benzene rings is 2. The van der Waals surface area contributed by atoms with E-state index in [2.05, 4.69) is 34.9 Å². The first-order valence-electron chi connectivity index (χ1n) is 11.0. The number of ether oxygens (including phenoxy) is 1. The zero-order valence-corrected chi connectivity index (χ0v) is 19.2. The molecule has 8 heteroatoms. The first kappa shape index (κ1) is 24.3. The number of carbonyl (C=O) groups excluding carboxylic acids is 2. The summed E-state index contributed by atoms with van der Waals surface area (Å²) < 4.78 is 5.50. The van der Waals surface area contributed by atoms with Gasteiger partial charge in [0, 0.05) is 25.4 Å². The molecule has 176 valence electrons. The summed E-state index contributed by atoms with van der Waals surface area (Å²) in [6.07, 6.45) is -0.443. The second-order valence-electron chi connectivity index (χ2n) is 8.74. The molecular formula is C25H31N3O5. The van der Waals surface area contributed by atoms with Crippen LogP contribution in [0.25, 0.3) is 11.1 Å². The zero-order valence-electron chi connectivity index (χ0n) is 19.2. The lowest BCUT2D eigenvalue weighted by Crippen LogP contribution is -2.47. The molecule has 3 rings (SSSR count). The molecule has 0 radical (unpaired) electrons. The number of carboxylic acid groups (broad SMARTS) is 1. The molecule has 0 heterocycles. The number of rotatable bonds is 10. The number of alkyl carbamates (subject to hydrolysis) is 1. The van der Waals surface area contributed by atoms with Crippen LogP contribution < -0.4 is 10.6 Å². The first-order valence-corrected chi connectivity index (χ1v) is 11.0. The van der Waals surface area contributed by atoms with Gasteiger partial charge in [0.25, 0.3) is 0 Å². The fourth-order valence-corrected chi connectivity index (χ4v) is 4.10. The number of nitrogens with one attached hydrogen (secondary N) is 2. The molecule has 0 saturated carbocycles. The van der Waals surface area contributed by atoms with Gasteiger partial charge in [-0.3, -0.25) is 4.79 Å². The highest BCUT2D eigenvalue weighted by molar-refractivity contribution is 5.84. The van der Waals surface area contributed by atoms with Gasteiger partial charge in [-0.1, -0.05) is 55.5 Å². The molecule has 0 saturated heterocycles. The molecule has 3 N–H and O–H groups in total. The summed E-state index contributed by atoms with van der Waals surface area (Å²) in [5.41, 5.74) is 4.61. The van der Waals surface area contributed by atoms with Crippen molar-refractivity contribution >= 4 is 18.0 Å². The van der Waals surface area contributed by atoms with Crippen LogP contribution in [0.4, 0.5) is 4.79 Å². The van der Waals surface area contributed by atoms with Crippen molar-refractivity contribution in [2.45, 2.75) is 25.3 Å². The van der Waals surface area contributed by atoms with Crippen molar-refractivity contribution in [2.75, 3.05) is 33.8 Å². The van der Waals surface area contributed by atoms with E-state index in [1.807, 2.05) is 31.2 Å². The molecular weight excluding hydrogens is 422 g/mol. The minimum Gasteiger partial charge on any atom is -0.480 e. The third kappa shape index (κ3) is 6.32. The van der Waals surface area contributed by atoms with Gasteiger partial charge in [-0.2, -0.15) is 0 Å². The number of amides is 2. The predicted molar refractivity (Wildman–Crippen MR) is 125 cm³/mol. The summed E-state index contributed by atoms with van der Waals surface area (Å²) in [5, 5.41) is 14.5. The number of likely N-dealkylation sites (N-methyl/N-ethyl adjacent to an activating group) is 1. The van der Waals surface area contributed by atoms with Gasteiger partial charge in [0.1, 0.15) is 12.6 Å². The van der Waals surface area contributed by atoms with Crippen molar-refractivity contribution in [2.24, 2.45) is 5.92 Å². The van der Waals surface area contributed by atoms with E-state index in [1.54, 1.807) is 19.0 Å². The Labute approximate surface area is 193 Å². The van der Waals surface area contributed by atoms with Gasteiger partial charge >= 0.3 is 12.1 Å². The van der Waals surface area contributed by atoms with E-state index >= 15 is 0 Å². The molecule has 2 aromatic carbocycles. The highest BCUT2D eigenvalue weighted by atomic mass is 16.5. The number of nitrogens with zero attached hydrogens (tertiary/aromatic N) is 1. The van der Waals surface area contributed by atoms with Crippen LogP contribution in [0.2, 0.25) is 0 Å². The molecule has 2 amide bonds. The lowest BCUT2D eigenvalue weighted by atomic mass is 9.98. The molecule has 8 nitrogen and oxygen atoms in total. The second-order valence-corrected chi connectivity index (χ2v) is 8.74. The van der Waals surface area contributed by atoms with Crippen LogP contribution in [0.5, 0.6) is 0 Å². The topological polar surface area (TPSA) is 108 Å². The minimum atomic E-state index is -1.08. The monoisotopic (exact) mass is 453 g/mol. The molecule has 0 bridgehead atoms. The van der Waals surface area contributed by atoms with Gasteiger partial charge in [-0.15, -0.1) is 0 Å². The molecule has 2 atom stereocenters. The lowest BCUT2D eigenvalue weighted by Gasteiger charge is -2.20. The van der Waals surface area contributed by atoms with Crippen molar-refractivity contribution in [1.29, 1.82) is 0 Å². The summed E-state index contributed by atoms with van der Waals surface area (Å²) in [6, 6.07) is 15.3. The Kier molecular flexibility index (Phi) is 8.06. The largest absolute Gasteiger partial charge is 0.480 e. The van der Waals surface area contributed by atoms with E-state index in [0.717, 1.165) is 22.3 Å². The van der Waals surface area contributed by atoms with Crippen molar-refractivity contribution in [3.8, 4) is 11.1 Å². The Hall–Kier alpha value is -3.39. The Balaban J connectivity index is 1.46. The SMILES string of the molecule is CC(CNC(=O)OCC1c2ccccc2-c2ccccc21)CC(=O)NC(CN(C)C)C(=O)O. The van der Waals surface area contributed by atoms with Crippen molar-refractivity contribution < 1.29 is 24.2 Å². The van der Waals surface area contributed by atoms with Gasteiger partial charge in [0.05, 0.1) is 0 Å². The standard InChI is InChI=1S/C25H31N3O5/c1-16(12-23(29)27-22(24(30)31)14-28(2)3)13-26-25(32)33-15-21-19-10-6-4-8-17(19)18-9-5-7-11-20(18)21/h4-11,16,21-22H,12-15H2,1-3H3,(H,26,32)(H,27,29)(H,30,31). The Morgan fingerprint density at radius 1 is 1.03 bits per heavy atom. The number of fused-ring (bicyclic) bond motifs is 3. The van der Waals surface area contributed by atoms with E-state index in [9.17, 15) is 19.5 Å². The predicted octanol–water partition coefficient (Wildman–Crippen LogP) is 2.68. The molecule has 0 fully saturated rings. The number of carbonyl (C=O) groups is 3. The van der Waals surface area contributed by atoms with Gasteiger partial charge in [0.15, 0.2) is 0 Å². The van der Waals surface area contributed by atoms with Crippen molar-refractivity contribution in [3.63, 3.8) is 0 Å². The van der Waals surface area contributed by atoms with E-state index < -0.39 is 18.1 Å². The first-order chi connectivity index (χ1) is 15.8. The third-order valence-electron chi connectivity index (χ3n) is 5.65. The average molecular weight is 454 g/mol. The highest BCUT2D eigenvalue weighted by Crippen LogP contribution is 2.44. The number of hydrogen-bond donors (Lipinski definition) is 3. The van der Waals surface area contributed by atoms with Crippen LogP contribution in [0, 0.1) is 5.92 Å². The number of carboxylic acids is 1. The van der Waals surface area contributed by atoms with Crippen molar-refractivity contribution in [3.05, 3.63) is 59.7 Å². The maximum atomic E-state index is 12.3. The zero-order chi connectivity index (χ0) is 24.0. The molecule has 33 heavy (non-hydrogen) atoms. The lowest BCUT2D eigenvalue weighted by molar-refractivity contribution is -0.142. The summed E-state index contributed by atoms with van der Waals surface area (Å²) >= 11 is 0. The van der Waals surface area contributed by atoms with Gasteiger partial charge in [-0.25, -0.2) is 9.59 Å². The normalized spacial score (nSPS) is 14.2. The smallest absolute Gasteiger partial charge is 0.407 e. The number of aliphatic carboxylic acids is 1. The minimum absolute atomic E-state index is 0.0176. The second kappa shape index (κ2) is 11.0. The van der Waals surface area contributed by atoms with Crippen LogP contribution in [-0.2, 0) is 14.3 Å². The van der Waals surface area contributed by atoms with Crippen LogP contribution in [0.15, 0.2) is 48.5 Å². The maximum Gasteiger partial charge on any atom is 0.407 e. The Morgan fingerprint density at radius 2 is 1.61 bits per heavy atom. The van der Waals surface area contributed by atoms with Gasteiger partial charge in [-0.05, 0) is 42.3 Å². The summed E-state index contributed by atoms with van der Waals surface area (Å²) in [4.78, 5) is 37.5. The summed E-state index contributed by atoms with van der Waals surface area (Å²) in [7, 11) is 3.48. The van der Waals surface area contributed by atoms with Crippen molar-refractivity contribution in [1.82, 2.24) is 15.5 Å².